The van der Waals surface area contributed by atoms with Crippen molar-refractivity contribution in [2.75, 3.05) is 6.61 Å². The van der Waals surface area contributed by atoms with Crippen molar-refractivity contribution in [2.45, 2.75) is 96.0 Å². The number of ether oxygens (including phenoxy) is 2. The number of ketones is 1. The fourth-order valence-corrected chi connectivity index (χ4v) is 4.26. The average Bonchev–Trinajstić information content (AvgIpc) is 2.67. The van der Waals surface area contributed by atoms with Crippen LogP contribution in [-0.2, 0) is 19.1 Å². The van der Waals surface area contributed by atoms with Crippen LogP contribution in [0, 0.1) is 11.8 Å². The lowest BCUT2D eigenvalue weighted by molar-refractivity contribution is -0.292. The van der Waals surface area contributed by atoms with Gasteiger partial charge in [-0.2, -0.15) is 0 Å². The van der Waals surface area contributed by atoms with Crippen LogP contribution in [0.4, 0.5) is 0 Å². The third-order valence-corrected chi connectivity index (χ3v) is 6.23. The van der Waals surface area contributed by atoms with Crippen LogP contribution in [-0.4, -0.2) is 69.9 Å². The van der Waals surface area contributed by atoms with Gasteiger partial charge in [-0.3, -0.25) is 4.79 Å². The van der Waals surface area contributed by atoms with E-state index in [9.17, 15) is 24.9 Å². The molecule has 4 N–H and O–H groups in total. The summed E-state index contributed by atoms with van der Waals surface area (Å²) in [5, 5.41) is 32.6. The Hall–Kier alpha value is -1.32. The summed E-state index contributed by atoms with van der Waals surface area (Å²) in [6, 6.07) is -0.950. The second-order valence-electron chi connectivity index (χ2n) is 9.00. The van der Waals surface area contributed by atoms with E-state index in [1.54, 1.807) is 6.92 Å². The Morgan fingerprint density at radius 2 is 2.00 bits per heavy atom. The summed E-state index contributed by atoms with van der Waals surface area (Å²) in [6.07, 6.45) is 3.58. The maximum absolute atomic E-state index is 11.6. The van der Waals surface area contributed by atoms with Crippen molar-refractivity contribution < 1.29 is 34.4 Å². The van der Waals surface area contributed by atoms with E-state index < -0.39 is 42.9 Å². The molecule has 0 aromatic heterocycles. The van der Waals surface area contributed by atoms with E-state index >= 15 is 0 Å². The first-order chi connectivity index (χ1) is 14.1. The van der Waals surface area contributed by atoms with Crippen LogP contribution in [0.2, 0.25) is 0 Å². The summed E-state index contributed by atoms with van der Waals surface area (Å²) in [4.78, 5) is 22.7. The molecule has 1 fully saturated rings. The summed E-state index contributed by atoms with van der Waals surface area (Å²) in [5.41, 5.74) is -0.668. The lowest BCUT2D eigenvalue weighted by Crippen LogP contribution is -2.65. The van der Waals surface area contributed by atoms with Gasteiger partial charge in [-0.15, -0.1) is 0 Å². The van der Waals surface area contributed by atoms with Gasteiger partial charge in [0.25, 0.3) is 0 Å². The summed E-state index contributed by atoms with van der Waals surface area (Å²) in [7, 11) is 0. The zero-order chi connectivity index (χ0) is 22.5. The largest absolute Gasteiger partial charge is 0.394 e. The molecule has 2 aliphatic rings. The number of carbonyl (C=O) groups excluding carboxylic acids is 2. The molecular weight excluding hydrogens is 390 g/mol. The van der Waals surface area contributed by atoms with E-state index in [0.717, 1.165) is 25.7 Å². The van der Waals surface area contributed by atoms with Gasteiger partial charge in [-0.05, 0) is 51.4 Å². The highest BCUT2D eigenvalue weighted by Crippen LogP contribution is 2.36. The summed E-state index contributed by atoms with van der Waals surface area (Å²) in [6.45, 7) is 6.57. The number of nitrogens with one attached hydrogen (secondary N) is 1. The molecule has 0 radical (unpaired) electrons. The minimum absolute atomic E-state index is 0.219. The van der Waals surface area contributed by atoms with E-state index in [1.165, 1.54) is 6.92 Å². The van der Waals surface area contributed by atoms with E-state index in [1.807, 2.05) is 13.0 Å². The Balaban J connectivity index is 2.03. The van der Waals surface area contributed by atoms with Gasteiger partial charge >= 0.3 is 0 Å². The molecule has 30 heavy (non-hydrogen) atoms. The second kappa shape index (κ2) is 10.8. The van der Waals surface area contributed by atoms with Crippen molar-refractivity contribution in [3.8, 4) is 0 Å². The Morgan fingerprint density at radius 1 is 1.30 bits per heavy atom. The second-order valence-corrected chi connectivity index (χ2v) is 9.00. The zero-order valence-corrected chi connectivity index (χ0v) is 18.4. The Morgan fingerprint density at radius 3 is 2.53 bits per heavy atom. The molecule has 8 heteroatoms. The van der Waals surface area contributed by atoms with Gasteiger partial charge in [-0.1, -0.05) is 19.1 Å². The highest BCUT2D eigenvalue weighted by molar-refractivity contribution is 5.75. The van der Waals surface area contributed by atoms with Crippen LogP contribution in [0.1, 0.15) is 59.8 Å². The molecule has 0 unspecified atom stereocenters. The molecule has 0 saturated carbocycles. The lowest BCUT2D eigenvalue weighted by atomic mass is 9.78. The van der Waals surface area contributed by atoms with Gasteiger partial charge in [0.15, 0.2) is 6.29 Å². The molecule has 2 rings (SSSR count). The minimum atomic E-state index is -1.33. The summed E-state index contributed by atoms with van der Waals surface area (Å²) < 4.78 is 11.9. The molecule has 0 aromatic carbocycles. The number of Topliss-reactive ketones (excluding diaryl/α,β-unsaturated/α-hetero) is 1. The van der Waals surface area contributed by atoms with E-state index in [0.29, 0.717) is 18.3 Å². The smallest absolute Gasteiger partial charge is 0.217 e. The standard InChI is InChI=1S/C22H37NO7/c1-13(6-5-7-14(2)25)16-8-10-22(4,11-9-16)30-21-18(23-15(3)26)20(28)19(27)17(12-24)29-21/h8,10,13,16-21,24,27-28H,5-7,9,11-12H2,1-4H3,(H,23,26)/t13-,16+,17+,18+,19+,20+,21+,22+/m0/s1. The maximum Gasteiger partial charge on any atom is 0.217 e. The maximum atomic E-state index is 11.6. The molecule has 0 bridgehead atoms. The molecule has 172 valence electrons. The van der Waals surface area contributed by atoms with Gasteiger partial charge in [0.2, 0.25) is 5.91 Å². The van der Waals surface area contributed by atoms with Gasteiger partial charge in [0, 0.05) is 13.3 Å². The third kappa shape index (κ3) is 6.59. The number of aliphatic hydroxyl groups excluding tert-OH is 3. The Labute approximate surface area is 178 Å². The highest BCUT2D eigenvalue weighted by atomic mass is 16.7. The van der Waals surface area contributed by atoms with Crippen molar-refractivity contribution >= 4 is 11.7 Å². The number of amides is 1. The molecule has 1 amide bonds. The SMILES string of the molecule is CC(=O)CCC[C@H](C)[C@@H]1C=C[C@@](C)(O[C@H]2O[C@H](CO)[C@@H](O)[C@H](O)[C@H]2NC(C)=O)CC1. The number of hydrogen-bond donors (Lipinski definition) is 4. The Kier molecular flexibility index (Phi) is 8.99. The van der Waals surface area contributed by atoms with E-state index in [-0.39, 0.29) is 11.7 Å². The van der Waals surface area contributed by atoms with E-state index in [2.05, 4.69) is 18.3 Å². The zero-order valence-electron chi connectivity index (χ0n) is 18.4. The first kappa shape index (κ1) is 24.9. The first-order valence-electron chi connectivity index (χ1n) is 10.8. The predicted octanol–water partition coefficient (Wildman–Crippen LogP) is 1.07. The molecule has 0 spiro atoms. The van der Waals surface area contributed by atoms with Crippen molar-refractivity contribution in [3.63, 3.8) is 0 Å². The van der Waals surface area contributed by atoms with Gasteiger partial charge in [0.05, 0.1) is 12.2 Å². The molecule has 1 aliphatic heterocycles. The molecule has 8 atom stereocenters. The predicted molar refractivity (Wildman–Crippen MR) is 110 cm³/mol. The van der Waals surface area contributed by atoms with Crippen LogP contribution in [0.3, 0.4) is 0 Å². The summed E-state index contributed by atoms with van der Waals surface area (Å²) >= 11 is 0. The minimum Gasteiger partial charge on any atom is -0.394 e. The summed E-state index contributed by atoms with van der Waals surface area (Å²) in [5.74, 6) is 0.690. The fraction of sp³-hybridized carbons (Fsp3) is 0.818. The van der Waals surface area contributed by atoms with Crippen LogP contribution in [0.25, 0.3) is 0 Å². The number of rotatable bonds is 9. The molecule has 1 saturated heterocycles. The van der Waals surface area contributed by atoms with Crippen LogP contribution in [0.5, 0.6) is 0 Å². The number of allylic oxidation sites excluding steroid dienone is 1. The number of aliphatic hydroxyl groups is 3. The van der Waals surface area contributed by atoms with Gasteiger partial charge < -0.3 is 34.9 Å². The van der Waals surface area contributed by atoms with Crippen molar-refractivity contribution in [3.05, 3.63) is 12.2 Å². The van der Waals surface area contributed by atoms with Crippen molar-refractivity contribution in [1.82, 2.24) is 5.32 Å². The van der Waals surface area contributed by atoms with E-state index in [4.69, 9.17) is 9.47 Å². The van der Waals surface area contributed by atoms with Crippen LogP contribution in [0.15, 0.2) is 12.2 Å². The third-order valence-electron chi connectivity index (χ3n) is 6.23. The molecule has 8 nitrogen and oxygen atoms in total. The normalized spacial score (nSPS) is 37.6. The Bertz CT molecular complexity index is 625. The lowest BCUT2D eigenvalue weighted by Gasteiger charge is -2.45. The molecule has 1 aliphatic carbocycles. The molecule has 0 aromatic rings. The quantitative estimate of drug-likeness (QED) is 0.406. The average molecular weight is 428 g/mol. The van der Waals surface area contributed by atoms with Gasteiger partial charge in [0.1, 0.15) is 30.1 Å². The fourth-order valence-electron chi connectivity index (χ4n) is 4.26. The van der Waals surface area contributed by atoms with Gasteiger partial charge in [-0.25, -0.2) is 0 Å². The highest BCUT2D eigenvalue weighted by Gasteiger charge is 2.47. The molecule has 1 heterocycles. The topological polar surface area (TPSA) is 125 Å². The van der Waals surface area contributed by atoms with Crippen LogP contribution < -0.4 is 5.32 Å². The first-order valence-corrected chi connectivity index (χ1v) is 10.8. The van der Waals surface area contributed by atoms with Crippen molar-refractivity contribution in [2.24, 2.45) is 11.8 Å². The number of carbonyl (C=O) groups is 2. The molecular formula is C22H37NO7. The van der Waals surface area contributed by atoms with Crippen LogP contribution >= 0.6 is 0 Å². The monoisotopic (exact) mass is 427 g/mol. The number of hydrogen-bond acceptors (Lipinski definition) is 7. The van der Waals surface area contributed by atoms with Crippen molar-refractivity contribution in [1.29, 1.82) is 0 Å².